The predicted molar refractivity (Wildman–Crippen MR) is 81.5 cm³/mol. The molecule has 1 saturated heterocycles. The molecule has 1 N–H and O–H groups in total. The van der Waals surface area contributed by atoms with E-state index in [1.807, 2.05) is 0 Å². The lowest BCUT2D eigenvalue weighted by atomic mass is 10.1. The molecule has 3 rings (SSSR count). The van der Waals surface area contributed by atoms with Gasteiger partial charge in [0.25, 0.3) is 5.91 Å². The van der Waals surface area contributed by atoms with Gasteiger partial charge in [-0.25, -0.2) is 4.79 Å². The van der Waals surface area contributed by atoms with Gasteiger partial charge in [-0.3, -0.25) is 4.79 Å². The first-order chi connectivity index (χ1) is 10.1. The standard InChI is InChI=1S/C15H14BrNO4/c16-10-3-4-13-9(6-10)7-12(15(19)21-13)14(18)17-8-11-2-1-5-20-11/h3-4,6-7,11H,1-2,5,8H2,(H,17,18). The zero-order valence-electron chi connectivity index (χ0n) is 11.2. The molecule has 2 heterocycles. The van der Waals surface area contributed by atoms with Crippen molar-refractivity contribution < 1.29 is 13.9 Å². The van der Waals surface area contributed by atoms with E-state index in [1.165, 1.54) is 0 Å². The molecule has 0 bridgehead atoms. The van der Waals surface area contributed by atoms with Gasteiger partial charge in [0.1, 0.15) is 11.1 Å². The molecule has 0 radical (unpaired) electrons. The summed E-state index contributed by atoms with van der Waals surface area (Å²) < 4.78 is 11.5. The van der Waals surface area contributed by atoms with E-state index in [0.29, 0.717) is 17.5 Å². The van der Waals surface area contributed by atoms with Crippen molar-refractivity contribution in [1.82, 2.24) is 5.32 Å². The van der Waals surface area contributed by atoms with Crippen molar-refractivity contribution in [3.05, 3.63) is 44.7 Å². The van der Waals surface area contributed by atoms with Crippen molar-refractivity contribution in [1.29, 1.82) is 0 Å². The molecule has 5 nitrogen and oxygen atoms in total. The van der Waals surface area contributed by atoms with Crippen LogP contribution < -0.4 is 10.9 Å². The smallest absolute Gasteiger partial charge is 0.349 e. The monoisotopic (exact) mass is 351 g/mol. The summed E-state index contributed by atoms with van der Waals surface area (Å²) in [6, 6.07) is 6.82. The number of hydrogen-bond donors (Lipinski definition) is 1. The number of benzene rings is 1. The summed E-state index contributed by atoms with van der Waals surface area (Å²) in [5.74, 6) is -0.430. The minimum atomic E-state index is -0.630. The minimum absolute atomic E-state index is 0.0126. The number of carbonyl (C=O) groups is 1. The zero-order chi connectivity index (χ0) is 14.8. The van der Waals surface area contributed by atoms with Gasteiger partial charge in [-0.2, -0.15) is 0 Å². The highest BCUT2D eigenvalue weighted by Crippen LogP contribution is 2.19. The predicted octanol–water partition coefficient (Wildman–Crippen LogP) is 2.46. The van der Waals surface area contributed by atoms with Crippen LogP contribution in [-0.2, 0) is 4.74 Å². The third-order valence-electron chi connectivity index (χ3n) is 3.45. The number of fused-ring (bicyclic) bond motifs is 1. The van der Waals surface area contributed by atoms with E-state index < -0.39 is 11.5 Å². The lowest BCUT2D eigenvalue weighted by molar-refractivity contribution is 0.0855. The van der Waals surface area contributed by atoms with E-state index in [4.69, 9.17) is 9.15 Å². The molecule has 0 aliphatic carbocycles. The molecule has 1 aromatic carbocycles. The maximum absolute atomic E-state index is 12.1. The van der Waals surface area contributed by atoms with Crippen LogP contribution >= 0.6 is 15.9 Å². The Labute approximate surface area is 129 Å². The Morgan fingerprint density at radius 2 is 2.24 bits per heavy atom. The number of nitrogens with one attached hydrogen (secondary N) is 1. The number of amides is 1. The van der Waals surface area contributed by atoms with Crippen molar-refractivity contribution in [2.24, 2.45) is 0 Å². The van der Waals surface area contributed by atoms with E-state index in [2.05, 4.69) is 21.2 Å². The summed E-state index contributed by atoms with van der Waals surface area (Å²) in [7, 11) is 0. The maximum atomic E-state index is 12.1. The third-order valence-corrected chi connectivity index (χ3v) is 3.95. The Kier molecular flexibility index (Phi) is 4.07. The Bertz CT molecular complexity index is 734. The summed E-state index contributed by atoms with van der Waals surface area (Å²) in [5, 5.41) is 3.43. The normalized spacial score (nSPS) is 18.0. The van der Waals surface area contributed by atoms with E-state index >= 15 is 0 Å². The highest BCUT2D eigenvalue weighted by Gasteiger charge is 2.18. The van der Waals surface area contributed by atoms with Gasteiger partial charge in [-0.1, -0.05) is 15.9 Å². The SMILES string of the molecule is O=C(NCC1CCCO1)c1cc2cc(Br)ccc2oc1=O. The van der Waals surface area contributed by atoms with Gasteiger partial charge >= 0.3 is 5.63 Å². The van der Waals surface area contributed by atoms with Crippen LogP contribution in [0.1, 0.15) is 23.2 Å². The van der Waals surface area contributed by atoms with E-state index in [0.717, 1.165) is 23.9 Å². The Balaban J connectivity index is 1.83. The fourth-order valence-electron chi connectivity index (χ4n) is 2.36. The first-order valence-corrected chi connectivity index (χ1v) is 7.56. The number of hydrogen-bond acceptors (Lipinski definition) is 4. The van der Waals surface area contributed by atoms with Crippen LogP contribution in [-0.4, -0.2) is 25.2 Å². The molecule has 1 aliphatic heterocycles. The lowest BCUT2D eigenvalue weighted by Crippen LogP contribution is -2.34. The second-order valence-corrected chi connectivity index (χ2v) is 5.89. The summed E-state index contributed by atoms with van der Waals surface area (Å²) in [4.78, 5) is 24.0. The molecule has 1 unspecified atom stereocenters. The van der Waals surface area contributed by atoms with Gasteiger partial charge in [-0.15, -0.1) is 0 Å². The maximum Gasteiger partial charge on any atom is 0.349 e. The molecule has 1 amide bonds. The molecule has 0 saturated carbocycles. The first kappa shape index (κ1) is 14.3. The third kappa shape index (κ3) is 3.16. The zero-order valence-corrected chi connectivity index (χ0v) is 12.8. The van der Waals surface area contributed by atoms with E-state index in [1.54, 1.807) is 24.3 Å². The molecular formula is C15H14BrNO4. The molecule has 1 atom stereocenters. The first-order valence-electron chi connectivity index (χ1n) is 6.77. The Hall–Kier alpha value is -1.66. The average molecular weight is 352 g/mol. The number of carbonyl (C=O) groups excluding carboxylic acids is 1. The summed E-state index contributed by atoms with van der Waals surface area (Å²) in [6.45, 7) is 1.14. The molecule has 21 heavy (non-hydrogen) atoms. The average Bonchev–Trinajstić information content (AvgIpc) is 2.98. The Morgan fingerprint density at radius 3 is 3.00 bits per heavy atom. The largest absolute Gasteiger partial charge is 0.422 e. The van der Waals surface area contributed by atoms with Crippen LogP contribution in [0, 0.1) is 0 Å². The van der Waals surface area contributed by atoms with Crippen LogP contribution in [0.4, 0.5) is 0 Å². The molecule has 2 aromatic rings. The lowest BCUT2D eigenvalue weighted by Gasteiger charge is -2.10. The van der Waals surface area contributed by atoms with Crippen molar-refractivity contribution in [2.45, 2.75) is 18.9 Å². The van der Waals surface area contributed by atoms with Gasteiger partial charge in [0.15, 0.2) is 0 Å². The molecule has 1 aromatic heterocycles. The molecule has 110 valence electrons. The van der Waals surface area contributed by atoms with E-state index in [9.17, 15) is 9.59 Å². The second kappa shape index (κ2) is 5.99. The summed E-state index contributed by atoms with van der Waals surface area (Å²) in [5.41, 5.74) is -0.160. The van der Waals surface area contributed by atoms with Crippen molar-refractivity contribution in [2.75, 3.05) is 13.2 Å². The minimum Gasteiger partial charge on any atom is -0.422 e. The highest BCUT2D eigenvalue weighted by molar-refractivity contribution is 9.10. The molecule has 1 fully saturated rings. The molecule has 0 spiro atoms. The Morgan fingerprint density at radius 1 is 1.38 bits per heavy atom. The molecule has 6 heteroatoms. The number of ether oxygens (including phenoxy) is 1. The van der Waals surface area contributed by atoms with Crippen molar-refractivity contribution in [3.63, 3.8) is 0 Å². The van der Waals surface area contributed by atoms with Crippen LogP contribution in [0.3, 0.4) is 0 Å². The fraction of sp³-hybridized carbons (Fsp3) is 0.333. The van der Waals surface area contributed by atoms with Crippen LogP contribution in [0.15, 0.2) is 37.9 Å². The summed E-state index contributed by atoms with van der Waals surface area (Å²) in [6.07, 6.45) is 1.97. The van der Waals surface area contributed by atoms with Crippen LogP contribution in [0.5, 0.6) is 0 Å². The number of halogens is 1. The van der Waals surface area contributed by atoms with Gasteiger partial charge in [-0.05, 0) is 37.1 Å². The quantitative estimate of drug-likeness (QED) is 0.862. The number of rotatable bonds is 3. The van der Waals surface area contributed by atoms with Crippen LogP contribution in [0.2, 0.25) is 0 Å². The summed E-state index contributed by atoms with van der Waals surface area (Å²) >= 11 is 3.35. The van der Waals surface area contributed by atoms with Crippen molar-refractivity contribution >= 4 is 32.8 Å². The van der Waals surface area contributed by atoms with Gasteiger partial charge in [0, 0.05) is 23.0 Å². The van der Waals surface area contributed by atoms with Gasteiger partial charge in [0.05, 0.1) is 6.10 Å². The topological polar surface area (TPSA) is 68.5 Å². The van der Waals surface area contributed by atoms with Crippen LogP contribution in [0.25, 0.3) is 11.0 Å². The fourth-order valence-corrected chi connectivity index (χ4v) is 2.74. The van der Waals surface area contributed by atoms with E-state index in [-0.39, 0.29) is 11.7 Å². The molecule has 1 aliphatic rings. The van der Waals surface area contributed by atoms with Gasteiger partial charge < -0.3 is 14.5 Å². The van der Waals surface area contributed by atoms with Crippen molar-refractivity contribution in [3.8, 4) is 0 Å². The van der Waals surface area contributed by atoms with Gasteiger partial charge in [0.2, 0.25) is 0 Å². The second-order valence-electron chi connectivity index (χ2n) is 4.97. The highest BCUT2D eigenvalue weighted by atomic mass is 79.9. The molecular weight excluding hydrogens is 338 g/mol.